The van der Waals surface area contributed by atoms with E-state index in [-0.39, 0.29) is 12.1 Å². The maximum absolute atomic E-state index is 5.94. The van der Waals surface area contributed by atoms with Crippen LogP contribution in [0, 0.1) is 20.8 Å². The Hall–Kier alpha value is -3.96. The van der Waals surface area contributed by atoms with Gasteiger partial charge in [0.25, 0.3) is 0 Å². The summed E-state index contributed by atoms with van der Waals surface area (Å²) >= 11 is 5.94. The van der Waals surface area contributed by atoms with Gasteiger partial charge in [-0.3, -0.25) is 4.98 Å². The van der Waals surface area contributed by atoms with E-state index in [1.807, 2.05) is 18.3 Å². The van der Waals surface area contributed by atoms with Crippen molar-refractivity contribution in [3.63, 3.8) is 0 Å². The normalized spacial score (nSPS) is 17.5. The highest BCUT2D eigenvalue weighted by molar-refractivity contribution is 7.80. The van der Waals surface area contributed by atoms with E-state index in [1.165, 1.54) is 39.0 Å². The minimum absolute atomic E-state index is 0.0378. The number of anilines is 1. The quantitative estimate of drug-likeness (QED) is 0.273. The van der Waals surface area contributed by atoms with Gasteiger partial charge in [-0.2, -0.15) is 0 Å². The number of pyridine rings is 1. The summed E-state index contributed by atoms with van der Waals surface area (Å²) in [6, 6.07) is 31.9. The summed E-state index contributed by atoms with van der Waals surface area (Å²) in [4.78, 5) is 6.98. The van der Waals surface area contributed by atoms with Crippen LogP contribution in [-0.4, -0.2) is 14.7 Å². The molecule has 5 aromatic rings. The Balaban J connectivity index is 1.56. The monoisotopic (exact) mass is 488 g/mol. The van der Waals surface area contributed by atoms with E-state index in [4.69, 9.17) is 17.2 Å². The van der Waals surface area contributed by atoms with E-state index in [0.717, 1.165) is 16.5 Å². The first-order chi connectivity index (χ1) is 17.5. The fourth-order valence-electron chi connectivity index (χ4n) is 5.59. The average Bonchev–Trinajstić information content (AvgIpc) is 3.39. The number of aryl methyl sites for hydroxylation is 2. The lowest BCUT2D eigenvalue weighted by molar-refractivity contribution is 0.565. The van der Waals surface area contributed by atoms with Gasteiger partial charge in [-0.25, -0.2) is 0 Å². The van der Waals surface area contributed by atoms with Crippen LogP contribution in [0.15, 0.2) is 97.2 Å². The van der Waals surface area contributed by atoms with Gasteiger partial charge < -0.3 is 14.8 Å². The highest BCUT2D eigenvalue weighted by Crippen LogP contribution is 2.44. The van der Waals surface area contributed by atoms with Crippen molar-refractivity contribution in [2.24, 2.45) is 0 Å². The van der Waals surface area contributed by atoms with Gasteiger partial charge in [0.1, 0.15) is 0 Å². The third-order valence-corrected chi connectivity index (χ3v) is 7.49. The van der Waals surface area contributed by atoms with Crippen LogP contribution in [0.5, 0.6) is 0 Å². The highest BCUT2D eigenvalue weighted by atomic mass is 32.1. The first kappa shape index (κ1) is 22.5. The standard InChI is InChI=1S/C31H28N4S/c1-20-10-8-13-24(18-20)35-30(29(33-31(35)36)27-15-6-7-17-32-27)26-19-21(2)34(22(26)3)28-16-9-12-23-11-4-5-14-25(23)28/h4-19,29-30H,1-3H3,(H,33,36). The van der Waals surface area contributed by atoms with Gasteiger partial charge in [0.15, 0.2) is 5.11 Å². The van der Waals surface area contributed by atoms with Crippen molar-refractivity contribution in [1.29, 1.82) is 0 Å². The lowest BCUT2D eigenvalue weighted by atomic mass is 9.96. The first-order valence-electron chi connectivity index (χ1n) is 12.3. The lowest BCUT2D eigenvalue weighted by Crippen LogP contribution is -2.29. The zero-order valence-corrected chi connectivity index (χ0v) is 21.5. The van der Waals surface area contributed by atoms with Crippen molar-refractivity contribution < 1.29 is 0 Å². The zero-order valence-electron chi connectivity index (χ0n) is 20.6. The van der Waals surface area contributed by atoms with Crippen LogP contribution in [0.25, 0.3) is 16.5 Å². The number of hydrogen-bond donors (Lipinski definition) is 1. The summed E-state index contributed by atoms with van der Waals surface area (Å²) in [5, 5.41) is 6.79. The molecule has 3 aromatic carbocycles. The van der Waals surface area contributed by atoms with Crippen LogP contribution < -0.4 is 10.2 Å². The molecular formula is C31H28N4S. The van der Waals surface area contributed by atoms with Gasteiger partial charge in [-0.15, -0.1) is 0 Å². The van der Waals surface area contributed by atoms with E-state index >= 15 is 0 Å². The second kappa shape index (κ2) is 8.92. The van der Waals surface area contributed by atoms with Crippen LogP contribution in [-0.2, 0) is 0 Å². The predicted molar refractivity (Wildman–Crippen MR) is 152 cm³/mol. The van der Waals surface area contributed by atoms with Crippen molar-refractivity contribution in [2.75, 3.05) is 4.90 Å². The lowest BCUT2D eigenvalue weighted by Gasteiger charge is -2.28. The first-order valence-corrected chi connectivity index (χ1v) is 12.7. The molecule has 3 heterocycles. The van der Waals surface area contributed by atoms with Gasteiger partial charge in [0, 0.05) is 28.7 Å². The molecule has 1 N–H and O–H groups in total. The average molecular weight is 489 g/mol. The number of hydrogen-bond acceptors (Lipinski definition) is 2. The molecule has 178 valence electrons. The molecule has 0 amide bonds. The Bertz CT molecular complexity index is 1580. The van der Waals surface area contributed by atoms with Gasteiger partial charge in [0.2, 0.25) is 0 Å². The Morgan fingerprint density at radius 1 is 0.833 bits per heavy atom. The SMILES string of the molecule is Cc1cccc(N2C(=S)NC(c3ccccn3)C2c2cc(C)n(-c3cccc4ccccc34)c2C)c1. The molecule has 5 heteroatoms. The van der Waals surface area contributed by atoms with Crippen molar-refractivity contribution in [3.8, 4) is 5.69 Å². The number of aromatic nitrogens is 2. The Morgan fingerprint density at radius 3 is 2.42 bits per heavy atom. The molecular weight excluding hydrogens is 460 g/mol. The molecule has 1 aliphatic rings. The van der Waals surface area contributed by atoms with Crippen LogP contribution >= 0.6 is 12.2 Å². The Labute approximate surface area is 217 Å². The predicted octanol–water partition coefficient (Wildman–Crippen LogP) is 7.13. The van der Waals surface area contributed by atoms with E-state index < -0.39 is 0 Å². The molecule has 1 aliphatic heterocycles. The van der Waals surface area contributed by atoms with Gasteiger partial charge >= 0.3 is 0 Å². The molecule has 1 fully saturated rings. The summed E-state index contributed by atoms with van der Waals surface area (Å²) < 4.78 is 2.38. The van der Waals surface area contributed by atoms with Gasteiger partial charge in [0.05, 0.1) is 23.5 Å². The molecule has 6 rings (SSSR count). The zero-order chi connectivity index (χ0) is 24.8. The van der Waals surface area contributed by atoms with Crippen LogP contribution in [0.4, 0.5) is 5.69 Å². The Morgan fingerprint density at radius 2 is 1.61 bits per heavy atom. The molecule has 2 atom stereocenters. The number of nitrogens with zero attached hydrogens (tertiary/aromatic N) is 3. The maximum atomic E-state index is 5.94. The molecule has 1 saturated heterocycles. The third kappa shape index (κ3) is 3.67. The summed E-state index contributed by atoms with van der Waals surface area (Å²) in [7, 11) is 0. The van der Waals surface area contributed by atoms with Gasteiger partial charge in [-0.1, -0.05) is 54.6 Å². The fraction of sp³-hybridized carbons (Fsp3) is 0.161. The van der Waals surface area contributed by atoms with Gasteiger partial charge in [-0.05, 0) is 85.9 Å². The molecule has 0 radical (unpaired) electrons. The highest BCUT2D eigenvalue weighted by Gasteiger charge is 2.42. The Kier molecular flexibility index (Phi) is 5.57. The smallest absolute Gasteiger partial charge is 0.174 e. The number of rotatable bonds is 4. The van der Waals surface area contributed by atoms with E-state index in [0.29, 0.717) is 0 Å². The summed E-state index contributed by atoms with van der Waals surface area (Å²) in [5.74, 6) is 0. The fourth-order valence-corrected chi connectivity index (χ4v) is 5.93. The number of thiocarbonyl (C=S) groups is 1. The molecule has 4 nitrogen and oxygen atoms in total. The summed E-state index contributed by atoms with van der Waals surface area (Å²) in [5.41, 5.74) is 8.11. The van der Waals surface area contributed by atoms with Crippen molar-refractivity contribution in [3.05, 3.63) is 125 Å². The molecule has 36 heavy (non-hydrogen) atoms. The molecule has 2 unspecified atom stereocenters. The number of benzene rings is 3. The van der Waals surface area contributed by atoms with E-state index in [1.54, 1.807) is 0 Å². The number of fused-ring (bicyclic) bond motifs is 1. The molecule has 0 aliphatic carbocycles. The van der Waals surface area contributed by atoms with Crippen LogP contribution in [0.2, 0.25) is 0 Å². The molecule has 0 bridgehead atoms. The molecule has 2 aromatic heterocycles. The van der Waals surface area contributed by atoms with Crippen molar-refractivity contribution in [2.45, 2.75) is 32.9 Å². The topological polar surface area (TPSA) is 33.1 Å². The van der Waals surface area contributed by atoms with Crippen LogP contribution in [0.3, 0.4) is 0 Å². The van der Waals surface area contributed by atoms with E-state index in [2.05, 4.69) is 114 Å². The van der Waals surface area contributed by atoms with Crippen LogP contribution in [0.1, 0.15) is 40.3 Å². The summed E-state index contributed by atoms with van der Waals surface area (Å²) in [6.45, 7) is 6.52. The maximum Gasteiger partial charge on any atom is 0.174 e. The number of nitrogens with one attached hydrogen (secondary N) is 1. The van der Waals surface area contributed by atoms with E-state index in [9.17, 15) is 0 Å². The second-order valence-corrected chi connectivity index (χ2v) is 9.88. The largest absolute Gasteiger partial charge is 0.351 e. The summed E-state index contributed by atoms with van der Waals surface area (Å²) in [6.07, 6.45) is 1.85. The van der Waals surface area contributed by atoms with Crippen molar-refractivity contribution in [1.82, 2.24) is 14.9 Å². The second-order valence-electron chi connectivity index (χ2n) is 9.50. The minimum Gasteiger partial charge on any atom is -0.351 e. The minimum atomic E-state index is -0.0688. The van der Waals surface area contributed by atoms with Crippen molar-refractivity contribution >= 4 is 33.8 Å². The third-order valence-electron chi connectivity index (χ3n) is 7.17. The molecule has 0 saturated carbocycles. The molecule has 0 spiro atoms.